The Balaban J connectivity index is 2.30. The van der Waals surface area contributed by atoms with Crippen molar-refractivity contribution in [2.24, 2.45) is 23.5 Å². The highest BCUT2D eigenvalue weighted by Crippen LogP contribution is 2.42. The normalized spacial score (nSPS) is 26.3. The van der Waals surface area contributed by atoms with Crippen LogP contribution in [-0.4, -0.2) is 22.9 Å². The van der Waals surface area contributed by atoms with Gasteiger partial charge in [0.2, 0.25) is 0 Å². The molecule has 6 N–H and O–H groups in total. The second kappa shape index (κ2) is 7.41. The molecule has 0 aromatic heterocycles. The number of anilines is 1. The predicted molar refractivity (Wildman–Crippen MR) is 92.3 cm³/mol. The third kappa shape index (κ3) is 3.90. The Morgan fingerprint density at radius 2 is 2.00 bits per heavy atom. The Morgan fingerprint density at radius 3 is 2.61 bits per heavy atom. The van der Waals surface area contributed by atoms with Crippen molar-refractivity contribution in [3.05, 3.63) is 17.7 Å². The van der Waals surface area contributed by atoms with Gasteiger partial charge in [0.25, 0.3) is 0 Å². The topological polar surface area (TPSA) is 102 Å². The molecule has 4 unspecified atom stereocenters. The van der Waals surface area contributed by atoms with Gasteiger partial charge in [-0.05, 0) is 36.7 Å². The van der Waals surface area contributed by atoms with Crippen LogP contribution in [0, 0.1) is 17.8 Å². The van der Waals surface area contributed by atoms with Gasteiger partial charge in [0.05, 0.1) is 11.8 Å². The zero-order chi connectivity index (χ0) is 17.1. The van der Waals surface area contributed by atoms with Crippen LogP contribution in [0.15, 0.2) is 12.1 Å². The lowest BCUT2D eigenvalue weighted by Gasteiger charge is -2.37. The standard InChI is InChI=1S/C18H30N2O3/c1-10(2)12-5-4-11(3)8-16(12)23-18-14(21)7-6-13(17(18)20)15(22)9-19/h6-7,10-12,15-16,21-22H,4-5,8-9,19-20H2,1-3H3. The number of hydrogen-bond donors (Lipinski definition) is 4. The Hall–Kier alpha value is -1.46. The fourth-order valence-corrected chi connectivity index (χ4v) is 3.55. The van der Waals surface area contributed by atoms with Crippen molar-refractivity contribution in [2.75, 3.05) is 12.3 Å². The van der Waals surface area contributed by atoms with Crippen molar-refractivity contribution < 1.29 is 14.9 Å². The van der Waals surface area contributed by atoms with Gasteiger partial charge in [0, 0.05) is 12.1 Å². The van der Waals surface area contributed by atoms with Crippen LogP contribution in [0.1, 0.15) is 51.7 Å². The summed E-state index contributed by atoms with van der Waals surface area (Å²) in [6.07, 6.45) is 2.44. The van der Waals surface area contributed by atoms with Crippen LogP contribution in [0.4, 0.5) is 5.69 Å². The van der Waals surface area contributed by atoms with Crippen molar-refractivity contribution in [3.8, 4) is 11.5 Å². The summed E-state index contributed by atoms with van der Waals surface area (Å²) >= 11 is 0. The summed E-state index contributed by atoms with van der Waals surface area (Å²) < 4.78 is 6.17. The number of aliphatic hydroxyl groups excluding tert-OH is 1. The molecular formula is C18H30N2O3. The van der Waals surface area contributed by atoms with E-state index in [-0.39, 0.29) is 29.8 Å². The molecular weight excluding hydrogens is 292 g/mol. The molecule has 1 saturated carbocycles. The monoisotopic (exact) mass is 322 g/mol. The Labute approximate surface area is 138 Å². The highest BCUT2D eigenvalue weighted by atomic mass is 16.5. The Kier molecular flexibility index (Phi) is 5.76. The van der Waals surface area contributed by atoms with Gasteiger partial charge in [-0.2, -0.15) is 0 Å². The number of rotatable bonds is 5. The van der Waals surface area contributed by atoms with Gasteiger partial charge in [-0.1, -0.05) is 33.3 Å². The van der Waals surface area contributed by atoms with E-state index in [9.17, 15) is 10.2 Å². The molecule has 0 radical (unpaired) electrons. The van der Waals surface area contributed by atoms with Crippen molar-refractivity contribution in [1.82, 2.24) is 0 Å². The zero-order valence-corrected chi connectivity index (χ0v) is 14.3. The number of aromatic hydroxyl groups is 1. The smallest absolute Gasteiger partial charge is 0.184 e. The third-order valence-corrected chi connectivity index (χ3v) is 5.02. The average molecular weight is 322 g/mol. The molecule has 23 heavy (non-hydrogen) atoms. The van der Waals surface area contributed by atoms with Crippen LogP contribution in [0.3, 0.4) is 0 Å². The van der Waals surface area contributed by atoms with Crippen molar-refractivity contribution >= 4 is 5.69 Å². The van der Waals surface area contributed by atoms with E-state index >= 15 is 0 Å². The van der Waals surface area contributed by atoms with Gasteiger partial charge in [-0.25, -0.2) is 0 Å². The molecule has 0 spiro atoms. The molecule has 0 saturated heterocycles. The van der Waals surface area contributed by atoms with Gasteiger partial charge < -0.3 is 26.4 Å². The van der Waals surface area contributed by atoms with Crippen LogP contribution in [0.25, 0.3) is 0 Å². The van der Waals surface area contributed by atoms with Crippen molar-refractivity contribution in [2.45, 2.75) is 52.2 Å². The van der Waals surface area contributed by atoms with Gasteiger partial charge in [0.15, 0.2) is 11.5 Å². The maximum atomic E-state index is 10.2. The van der Waals surface area contributed by atoms with Crippen molar-refractivity contribution in [3.63, 3.8) is 0 Å². The first kappa shape index (κ1) is 17.9. The number of benzene rings is 1. The lowest BCUT2D eigenvalue weighted by Crippen LogP contribution is -2.36. The summed E-state index contributed by atoms with van der Waals surface area (Å²) in [5.74, 6) is 1.83. The van der Waals surface area contributed by atoms with Crippen LogP contribution >= 0.6 is 0 Å². The lowest BCUT2D eigenvalue weighted by atomic mass is 9.75. The lowest BCUT2D eigenvalue weighted by molar-refractivity contribution is 0.0444. The molecule has 0 amide bonds. The first-order valence-corrected chi connectivity index (χ1v) is 8.51. The average Bonchev–Trinajstić information content (AvgIpc) is 2.50. The molecule has 2 rings (SSSR count). The first-order chi connectivity index (χ1) is 10.8. The predicted octanol–water partition coefficient (Wildman–Crippen LogP) is 2.81. The number of ether oxygens (including phenoxy) is 1. The highest BCUT2D eigenvalue weighted by Gasteiger charge is 2.33. The van der Waals surface area contributed by atoms with E-state index in [1.54, 1.807) is 6.07 Å². The van der Waals surface area contributed by atoms with E-state index in [4.69, 9.17) is 16.2 Å². The van der Waals surface area contributed by atoms with Gasteiger partial charge in [-0.15, -0.1) is 0 Å². The first-order valence-electron chi connectivity index (χ1n) is 8.51. The van der Waals surface area contributed by atoms with Gasteiger partial charge in [-0.3, -0.25) is 0 Å². The second-order valence-electron chi connectivity index (χ2n) is 7.15. The summed E-state index contributed by atoms with van der Waals surface area (Å²) in [6, 6.07) is 3.11. The van der Waals surface area contributed by atoms with E-state index in [1.165, 1.54) is 12.5 Å². The van der Waals surface area contributed by atoms with Gasteiger partial charge >= 0.3 is 0 Å². The molecule has 0 bridgehead atoms. The maximum Gasteiger partial charge on any atom is 0.184 e. The maximum absolute atomic E-state index is 10.2. The number of aliphatic hydroxyl groups is 1. The molecule has 5 nitrogen and oxygen atoms in total. The number of nitrogens with two attached hydrogens (primary N) is 2. The minimum atomic E-state index is -0.857. The van der Waals surface area contributed by atoms with E-state index in [0.717, 1.165) is 12.8 Å². The summed E-state index contributed by atoms with van der Waals surface area (Å²) in [6.45, 7) is 6.71. The fraction of sp³-hybridized carbons (Fsp3) is 0.667. The van der Waals surface area contributed by atoms with Crippen LogP contribution < -0.4 is 16.2 Å². The summed E-state index contributed by atoms with van der Waals surface area (Å²) in [5, 5.41) is 20.1. The number of phenolic OH excluding ortho intramolecular Hbond substituents is 1. The Bertz CT molecular complexity index is 533. The molecule has 0 heterocycles. The number of hydrogen-bond acceptors (Lipinski definition) is 5. The fourth-order valence-electron chi connectivity index (χ4n) is 3.55. The molecule has 1 aromatic rings. The molecule has 1 aromatic carbocycles. The highest BCUT2D eigenvalue weighted by molar-refractivity contribution is 5.65. The quantitative estimate of drug-likeness (QED) is 0.624. The Morgan fingerprint density at radius 1 is 1.30 bits per heavy atom. The summed E-state index contributed by atoms with van der Waals surface area (Å²) in [5.41, 5.74) is 12.4. The third-order valence-electron chi connectivity index (χ3n) is 5.02. The SMILES string of the molecule is CC1CCC(C(C)C)C(Oc2c(O)ccc(C(O)CN)c2N)C1. The molecule has 130 valence electrons. The molecule has 0 aliphatic heterocycles. The van der Waals surface area contributed by atoms with Crippen LogP contribution in [0.2, 0.25) is 0 Å². The molecule has 1 aliphatic rings. The van der Waals surface area contributed by atoms with E-state index < -0.39 is 6.10 Å². The van der Waals surface area contributed by atoms with Crippen molar-refractivity contribution in [1.29, 1.82) is 0 Å². The number of nitrogen functional groups attached to an aromatic ring is 1. The van der Waals surface area contributed by atoms with E-state index in [2.05, 4.69) is 20.8 Å². The second-order valence-corrected chi connectivity index (χ2v) is 7.15. The molecule has 1 fully saturated rings. The van der Waals surface area contributed by atoms with Gasteiger partial charge in [0.1, 0.15) is 6.10 Å². The van der Waals surface area contributed by atoms with E-state index in [0.29, 0.717) is 23.3 Å². The van der Waals surface area contributed by atoms with E-state index in [1.807, 2.05) is 0 Å². The largest absolute Gasteiger partial charge is 0.504 e. The number of phenols is 1. The minimum Gasteiger partial charge on any atom is -0.504 e. The zero-order valence-electron chi connectivity index (χ0n) is 14.3. The van der Waals surface area contributed by atoms with Crippen LogP contribution in [-0.2, 0) is 0 Å². The minimum absolute atomic E-state index is 0.0104. The summed E-state index contributed by atoms with van der Waals surface area (Å²) in [4.78, 5) is 0. The molecule has 5 heteroatoms. The van der Waals surface area contributed by atoms with Crippen LogP contribution in [0.5, 0.6) is 11.5 Å². The summed E-state index contributed by atoms with van der Waals surface area (Å²) in [7, 11) is 0. The molecule has 1 aliphatic carbocycles. The molecule has 4 atom stereocenters.